The van der Waals surface area contributed by atoms with E-state index in [1.807, 2.05) is 7.05 Å². The van der Waals surface area contributed by atoms with Crippen molar-refractivity contribution in [2.45, 2.75) is 6.42 Å². The number of halogens is 1. The molecule has 20 heavy (non-hydrogen) atoms. The van der Waals surface area contributed by atoms with E-state index in [1.54, 1.807) is 11.9 Å². The molecule has 110 valence electrons. The fourth-order valence-electron chi connectivity index (χ4n) is 1.85. The van der Waals surface area contributed by atoms with Gasteiger partial charge in [0.25, 0.3) is 5.69 Å². The number of carboxylic acid groups (broad SMARTS) is 1. The number of aromatic carboxylic acids is 1. The van der Waals surface area contributed by atoms with Gasteiger partial charge in [0, 0.05) is 25.7 Å². The predicted molar refractivity (Wildman–Crippen MR) is 76.9 cm³/mol. The lowest BCUT2D eigenvalue weighted by atomic mass is 10.1. The van der Waals surface area contributed by atoms with Crippen molar-refractivity contribution in [3.05, 3.63) is 32.8 Å². The third kappa shape index (κ3) is 3.82. The number of carboxylic acids is 1. The molecule has 0 amide bonds. The molecule has 1 rings (SSSR count). The van der Waals surface area contributed by atoms with Crippen molar-refractivity contribution in [1.29, 1.82) is 0 Å². The minimum atomic E-state index is -1.24. The van der Waals surface area contributed by atoms with Crippen LogP contribution in [-0.2, 0) is 0 Å². The normalized spacial score (nSPS) is 10.3. The van der Waals surface area contributed by atoms with Gasteiger partial charge in [-0.05, 0) is 20.0 Å². The molecule has 0 unspecified atom stereocenters. The second kappa shape index (κ2) is 7.06. The highest BCUT2D eigenvalue weighted by molar-refractivity contribution is 6.34. The molecule has 7 nitrogen and oxygen atoms in total. The number of nitrogens with one attached hydrogen (secondary N) is 1. The van der Waals surface area contributed by atoms with Gasteiger partial charge >= 0.3 is 5.97 Å². The van der Waals surface area contributed by atoms with Gasteiger partial charge in [-0.3, -0.25) is 10.1 Å². The molecule has 0 saturated heterocycles. The smallest absolute Gasteiger partial charge is 0.338 e. The minimum absolute atomic E-state index is 0.0588. The Morgan fingerprint density at radius 3 is 2.70 bits per heavy atom. The Hall–Kier alpha value is -1.86. The molecule has 0 saturated carbocycles. The Labute approximate surface area is 121 Å². The van der Waals surface area contributed by atoms with E-state index in [4.69, 9.17) is 11.6 Å². The van der Waals surface area contributed by atoms with Gasteiger partial charge < -0.3 is 15.3 Å². The van der Waals surface area contributed by atoms with Crippen LogP contribution in [0.15, 0.2) is 12.1 Å². The topological polar surface area (TPSA) is 95.7 Å². The number of hydrogen-bond donors (Lipinski definition) is 2. The van der Waals surface area contributed by atoms with Gasteiger partial charge in [0.05, 0.1) is 21.2 Å². The predicted octanol–water partition coefficient (Wildman–Crippen LogP) is 1.99. The largest absolute Gasteiger partial charge is 0.478 e. The summed E-state index contributed by atoms with van der Waals surface area (Å²) in [5.74, 6) is -1.24. The number of nitro benzene ring substituents is 1. The Morgan fingerprint density at radius 1 is 1.55 bits per heavy atom. The summed E-state index contributed by atoms with van der Waals surface area (Å²) < 4.78 is 0. The van der Waals surface area contributed by atoms with Gasteiger partial charge in [-0.2, -0.15) is 0 Å². The van der Waals surface area contributed by atoms with Gasteiger partial charge in [0.2, 0.25) is 0 Å². The van der Waals surface area contributed by atoms with Crippen molar-refractivity contribution < 1.29 is 14.8 Å². The number of carbonyl (C=O) groups is 1. The molecule has 1 aromatic rings. The highest BCUT2D eigenvalue weighted by Gasteiger charge is 2.22. The highest BCUT2D eigenvalue weighted by Crippen LogP contribution is 2.33. The van der Waals surface area contributed by atoms with E-state index in [0.717, 1.165) is 25.1 Å². The second-order valence-electron chi connectivity index (χ2n) is 4.26. The monoisotopic (exact) mass is 301 g/mol. The third-order valence-corrected chi connectivity index (χ3v) is 3.08. The number of nitro groups is 1. The van der Waals surface area contributed by atoms with Crippen LogP contribution in [0.25, 0.3) is 0 Å². The molecule has 0 atom stereocenters. The Morgan fingerprint density at radius 2 is 2.20 bits per heavy atom. The molecular formula is C12H16ClN3O4. The fourth-order valence-corrected chi connectivity index (χ4v) is 2.20. The first-order valence-electron chi connectivity index (χ1n) is 5.95. The minimum Gasteiger partial charge on any atom is -0.478 e. The van der Waals surface area contributed by atoms with E-state index in [-0.39, 0.29) is 16.3 Å². The van der Waals surface area contributed by atoms with Crippen LogP contribution in [0.4, 0.5) is 11.4 Å². The number of hydrogen-bond acceptors (Lipinski definition) is 5. The fraction of sp³-hybridized carbons (Fsp3) is 0.417. The van der Waals surface area contributed by atoms with Crippen molar-refractivity contribution in [3.63, 3.8) is 0 Å². The third-order valence-electron chi connectivity index (χ3n) is 2.79. The molecule has 0 aliphatic heterocycles. The maximum absolute atomic E-state index is 11.3. The molecule has 1 aromatic carbocycles. The Bertz CT molecular complexity index is 522. The molecule has 8 heteroatoms. The average molecular weight is 302 g/mol. The van der Waals surface area contributed by atoms with Crippen LogP contribution in [0.1, 0.15) is 16.8 Å². The zero-order chi connectivity index (χ0) is 15.3. The summed E-state index contributed by atoms with van der Waals surface area (Å²) in [6.45, 7) is 1.36. The van der Waals surface area contributed by atoms with Crippen LogP contribution >= 0.6 is 11.6 Å². The lowest BCUT2D eigenvalue weighted by Gasteiger charge is -2.22. The molecule has 2 N–H and O–H groups in total. The summed E-state index contributed by atoms with van der Waals surface area (Å²) in [4.78, 5) is 23.0. The quantitative estimate of drug-likeness (QED) is 0.454. The molecule has 0 fully saturated rings. The van der Waals surface area contributed by atoms with Crippen LogP contribution in [0, 0.1) is 10.1 Å². The van der Waals surface area contributed by atoms with Gasteiger partial charge in [-0.25, -0.2) is 4.79 Å². The van der Waals surface area contributed by atoms with Crippen LogP contribution in [0.3, 0.4) is 0 Å². The van der Waals surface area contributed by atoms with Gasteiger partial charge in [-0.15, -0.1) is 0 Å². The lowest BCUT2D eigenvalue weighted by Crippen LogP contribution is -2.24. The summed E-state index contributed by atoms with van der Waals surface area (Å²) in [5.41, 5.74) is -0.211. The second-order valence-corrected chi connectivity index (χ2v) is 4.67. The van der Waals surface area contributed by atoms with E-state index in [9.17, 15) is 20.0 Å². The molecule has 0 spiro atoms. The maximum Gasteiger partial charge on any atom is 0.338 e. The van der Waals surface area contributed by atoms with Crippen molar-refractivity contribution in [1.82, 2.24) is 5.32 Å². The average Bonchev–Trinajstić information content (AvgIpc) is 2.37. The number of non-ortho nitro benzene ring substituents is 1. The number of benzene rings is 1. The molecule has 0 radical (unpaired) electrons. The van der Waals surface area contributed by atoms with Crippen LogP contribution in [0.2, 0.25) is 5.02 Å². The molecule has 0 aromatic heterocycles. The van der Waals surface area contributed by atoms with Crippen LogP contribution < -0.4 is 10.2 Å². The van der Waals surface area contributed by atoms with E-state index in [1.165, 1.54) is 0 Å². The molecule has 0 aliphatic rings. The van der Waals surface area contributed by atoms with Crippen LogP contribution in [0.5, 0.6) is 0 Å². The maximum atomic E-state index is 11.3. The first-order chi connectivity index (χ1) is 9.38. The summed E-state index contributed by atoms with van der Waals surface area (Å²) in [7, 11) is 3.52. The van der Waals surface area contributed by atoms with Gasteiger partial charge in [-0.1, -0.05) is 11.6 Å². The Kier molecular flexibility index (Phi) is 5.72. The molecule has 0 bridgehead atoms. The zero-order valence-electron chi connectivity index (χ0n) is 11.2. The SMILES string of the molecule is CNCCCN(C)c1c(Cl)cc([N+](=O)[O-])cc1C(=O)O. The van der Waals surface area contributed by atoms with Gasteiger partial charge in [0.15, 0.2) is 0 Å². The van der Waals surface area contributed by atoms with Crippen molar-refractivity contribution >= 4 is 28.9 Å². The molecule has 0 heterocycles. The summed E-state index contributed by atoms with van der Waals surface area (Å²) in [6.07, 6.45) is 0.791. The van der Waals surface area contributed by atoms with E-state index < -0.39 is 10.9 Å². The number of rotatable bonds is 7. The van der Waals surface area contributed by atoms with Crippen LogP contribution in [-0.4, -0.2) is 43.2 Å². The first kappa shape index (κ1) is 16.2. The standard InChI is InChI=1S/C12H16ClN3O4/c1-14-4-3-5-15(2)11-9(12(17)18)6-8(16(19)20)7-10(11)13/h6-7,14H,3-5H2,1-2H3,(H,17,18). The summed E-state index contributed by atoms with van der Waals surface area (Å²) in [5, 5.41) is 23.0. The highest BCUT2D eigenvalue weighted by atomic mass is 35.5. The van der Waals surface area contributed by atoms with E-state index in [2.05, 4.69) is 5.32 Å². The van der Waals surface area contributed by atoms with E-state index in [0.29, 0.717) is 12.2 Å². The summed E-state index contributed by atoms with van der Waals surface area (Å²) in [6, 6.07) is 2.19. The molecular weight excluding hydrogens is 286 g/mol. The van der Waals surface area contributed by atoms with Gasteiger partial charge in [0.1, 0.15) is 0 Å². The zero-order valence-corrected chi connectivity index (χ0v) is 12.0. The van der Waals surface area contributed by atoms with E-state index >= 15 is 0 Å². The summed E-state index contributed by atoms with van der Waals surface area (Å²) >= 11 is 6.01. The van der Waals surface area contributed by atoms with Crippen molar-refractivity contribution in [2.24, 2.45) is 0 Å². The molecule has 0 aliphatic carbocycles. The number of anilines is 1. The first-order valence-corrected chi connectivity index (χ1v) is 6.33. The lowest BCUT2D eigenvalue weighted by molar-refractivity contribution is -0.384. The van der Waals surface area contributed by atoms with Crippen molar-refractivity contribution in [3.8, 4) is 0 Å². The van der Waals surface area contributed by atoms with Crippen molar-refractivity contribution in [2.75, 3.05) is 32.1 Å². The number of nitrogens with zero attached hydrogens (tertiary/aromatic N) is 2. The Balaban J connectivity index is 3.17.